The minimum Gasteiger partial charge on any atom is -0.481 e. The Morgan fingerprint density at radius 1 is 0.622 bits per heavy atom. The molecule has 4 aliphatic rings. The average molecular weight is 645 g/mol. The van der Waals surface area contributed by atoms with Crippen molar-refractivity contribution in [3.63, 3.8) is 0 Å². The molecule has 258 valence electrons. The van der Waals surface area contributed by atoms with Gasteiger partial charge in [0.05, 0.1) is 49.8 Å². The summed E-state index contributed by atoms with van der Waals surface area (Å²) in [7, 11) is 0. The van der Waals surface area contributed by atoms with E-state index in [1.807, 2.05) is 0 Å². The van der Waals surface area contributed by atoms with Gasteiger partial charge in [0.25, 0.3) is 0 Å². The van der Waals surface area contributed by atoms with E-state index in [2.05, 4.69) is 20.6 Å². The lowest BCUT2D eigenvalue weighted by molar-refractivity contribution is -0.257. The number of ether oxygens (including phenoxy) is 2. The second-order valence-electron chi connectivity index (χ2n) is 13.5. The maximum Gasteiger partial charge on any atom is 0.307 e. The van der Waals surface area contributed by atoms with Crippen molar-refractivity contribution in [3.8, 4) is 0 Å². The van der Waals surface area contributed by atoms with Gasteiger partial charge >= 0.3 is 11.9 Å². The largest absolute Gasteiger partial charge is 0.481 e. The van der Waals surface area contributed by atoms with Gasteiger partial charge in [0.2, 0.25) is 5.91 Å². The third-order valence-corrected chi connectivity index (χ3v) is 10.6. The predicted molar refractivity (Wildman–Crippen MR) is 157 cm³/mol. The van der Waals surface area contributed by atoms with Crippen molar-refractivity contribution in [1.29, 1.82) is 0 Å². The molecule has 14 heteroatoms. The van der Waals surface area contributed by atoms with Crippen LogP contribution in [0.3, 0.4) is 0 Å². The van der Waals surface area contributed by atoms with Crippen LogP contribution in [0.5, 0.6) is 0 Å². The maximum absolute atomic E-state index is 13.0. The first-order valence-electron chi connectivity index (χ1n) is 16.7. The van der Waals surface area contributed by atoms with Crippen molar-refractivity contribution in [1.82, 2.24) is 10.8 Å². The number of hydrogen-bond donors (Lipinski definition) is 6. The number of carbonyl (C=O) groups is 3. The molecule has 6 N–H and O–H groups in total. The molecule has 0 aromatic rings. The van der Waals surface area contributed by atoms with Crippen LogP contribution >= 0.6 is 0 Å². The SMILES string of the molecule is O=C(O)C1CCC(COO)C(CONC2CCC(OCOC3CCC(NC(=O)C4CC(COO)CCC4C(=O)O)CC3)CC2)C1. The lowest BCUT2D eigenvalue weighted by Gasteiger charge is -2.35. The van der Waals surface area contributed by atoms with E-state index in [4.69, 9.17) is 24.8 Å². The molecule has 0 saturated heterocycles. The van der Waals surface area contributed by atoms with Crippen LogP contribution < -0.4 is 10.8 Å². The van der Waals surface area contributed by atoms with Crippen LogP contribution in [0.1, 0.15) is 89.9 Å². The van der Waals surface area contributed by atoms with Gasteiger partial charge in [-0.05, 0) is 108 Å². The lowest BCUT2D eigenvalue weighted by atomic mass is 9.73. The van der Waals surface area contributed by atoms with E-state index in [9.17, 15) is 24.6 Å². The van der Waals surface area contributed by atoms with Gasteiger partial charge in [0.1, 0.15) is 6.79 Å². The van der Waals surface area contributed by atoms with E-state index in [1.165, 1.54) is 0 Å². The molecule has 14 nitrogen and oxygen atoms in total. The summed E-state index contributed by atoms with van der Waals surface area (Å²) < 4.78 is 12.0. The number of rotatable bonds is 16. The quantitative estimate of drug-likeness (QED) is 0.0811. The summed E-state index contributed by atoms with van der Waals surface area (Å²) >= 11 is 0. The average Bonchev–Trinajstić information content (AvgIpc) is 3.03. The van der Waals surface area contributed by atoms with Crippen LogP contribution in [0.25, 0.3) is 0 Å². The Bertz CT molecular complexity index is 924. The summed E-state index contributed by atoms with van der Waals surface area (Å²) in [6.45, 7) is 0.882. The van der Waals surface area contributed by atoms with Crippen LogP contribution in [0.2, 0.25) is 0 Å². The van der Waals surface area contributed by atoms with Crippen molar-refractivity contribution in [3.05, 3.63) is 0 Å². The zero-order valence-corrected chi connectivity index (χ0v) is 26.1. The zero-order chi connectivity index (χ0) is 32.2. The molecular formula is C31H52N2O12. The molecule has 0 aliphatic heterocycles. The Hall–Kier alpha value is -1.91. The van der Waals surface area contributed by atoms with Gasteiger partial charge in [-0.2, -0.15) is 5.48 Å². The molecule has 6 atom stereocenters. The van der Waals surface area contributed by atoms with Gasteiger partial charge < -0.3 is 29.8 Å². The minimum absolute atomic E-state index is 0.00418. The summed E-state index contributed by atoms with van der Waals surface area (Å²) in [5.74, 6) is -3.66. The molecular weight excluding hydrogens is 592 g/mol. The van der Waals surface area contributed by atoms with Gasteiger partial charge in [-0.3, -0.25) is 24.9 Å². The Labute approximate surface area is 264 Å². The molecule has 0 bridgehead atoms. The number of carboxylic acids is 2. The third-order valence-electron chi connectivity index (χ3n) is 10.6. The van der Waals surface area contributed by atoms with Gasteiger partial charge in [0, 0.05) is 12.1 Å². The van der Waals surface area contributed by atoms with Gasteiger partial charge in [-0.25, -0.2) is 9.78 Å². The highest BCUT2D eigenvalue weighted by Gasteiger charge is 2.40. The molecule has 0 spiro atoms. The number of hydrogen-bond acceptors (Lipinski definition) is 11. The summed E-state index contributed by atoms with van der Waals surface area (Å²) in [5, 5.41) is 39.7. The van der Waals surface area contributed by atoms with E-state index in [-0.39, 0.29) is 73.9 Å². The number of carbonyl (C=O) groups excluding carboxylic acids is 1. The number of hydroxylamine groups is 1. The van der Waals surface area contributed by atoms with Crippen LogP contribution in [-0.4, -0.2) is 89.5 Å². The number of amides is 1. The lowest BCUT2D eigenvalue weighted by Crippen LogP contribution is -2.47. The van der Waals surface area contributed by atoms with E-state index in [1.54, 1.807) is 0 Å². The zero-order valence-electron chi connectivity index (χ0n) is 26.1. The maximum atomic E-state index is 13.0. The predicted octanol–water partition coefficient (Wildman–Crippen LogP) is 3.45. The molecule has 1 amide bonds. The Kier molecular flexibility index (Phi) is 14.7. The fraction of sp³-hybridized carbons (Fsp3) is 0.903. The molecule has 4 aliphatic carbocycles. The monoisotopic (exact) mass is 644 g/mol. The van der Waals surface area contributed by atoms with Gasteiger partial charge in [-0.1, -0.05) is 0 Å². The molecule has 4 fully saturated rings. The molecule has 4 rings (SSSR count). The number of aliphatic carboxylic acids is 2. The van der Waals surface area contributed by atoms with Gasteiger partial charge in [-0.15, -0.1) is 0 Å². The molecule has 0 heterocycles. The van der Waals surface area contributed by atoms with Crippen molar-refractivity contribution in [2.45, 2.75) is 114 Å². The topological polar surface area (TPSA) is 202 Å². The normalized spacial score (nSPS) is 35.9. The van der Waals surface area contributed by atoms with Crippen LogP contribution in [-0.2, 0) is 38.5 Å². The van der Waals surface area contributed by atoms with Crippen LogP contribution in [0, 0.1) is 35.5 Å². The Balaban J connectivity index is 1.07. The van der Waals surface area contributed by atoms with Crippen molar-refractivity contribution >= 4 is 17.8 Å². The Morgan fingerprint density at radius 3 is 1.87 bits per heavy atom. The smallest absolute Gasteiger partial charge is 0.307 e. The summed E-state index contributed by atoms with van der Waals surface area (Å²) in [6.07, 6.45) is 9.95. The minimum atomic E-state index is -0.954. The highest BCUT2D eigenvalue weighted by Crippen LogP contribution is 2.36. The number of carboxylic acid groups (broad SMARTS) is 2. The van der Waals surface area contributed by atoms with E-state index >= 15 is 0 Å². The first-order valence-corrected chi connectivity index (χ1v) is 16.7. The molecule has 0 radical (unpaired) electrons. The summed E-state index contributed by atoms with van der Waals surface area (Å²) in [4.78, 5) is 50.6. The first-order chi connectivity index (χ1) is 21.8. The van der Waals surface area contributed by atoms with E-state index in [0.717, 1.165) is 51.4 Å². The molecule has 0 aromatic carbocycles. The van der Waals surface area contributed by atoms with Crippen molar-refractivity contribution in [2.75, 3.05) is 26.6 Å². The highest BCUT2D eigenvalue weighted by molar-refractivity contribution is 5.85. The van der Waals surface area contributed by atoms with Crippen molar-refractivity contribution in [2.24, 2.45) is 35.5 Å². The highest BCUT2D eigenvalue weighted by atomic mass is 17.1. The fourth-order valence-corrected chi connectivity index (χ4v) is 7.70. The third kappa shape index (κ3) is 11.1. The van der Waals surface area contributed by atoms with Crippen molar-refractivity contribution < 1.29 is 59.2 Å². The second-order valence-corrected chi connectivity index (χ2v) is 13.5. The summed E-state index contributed by atoms with van der Waals surface area (Å²) in [6, 6.07) is 0.175. The summed E-state index contributed by atoms with van der Waals surface area (Å²) in [5.41, 5.74) is 3.15. The van der Waals surface area contributed by atoms with E-state index < -0.39 is 23.8 Å². The Morgan fingerprint density at radius 2 is 1.27 bits per heavy atom. The molecule has 0 aromatic heterocycles. The fourth-order valence-electron chi connectivity index (χ4n) is 7.70. The standard InChI is InChI=1S/C31H52N2O12/c34-29(28-13-19(15-44-39)1-12-27(28)31(37)38)32-23-4-8-25(9-5-23)41-18-42-26-10-6-24(7-11-26)33-43-16-22-14-20(30(35)36)2-3-21(22)17-45-40/h19-28,33,39-40H,1-18H2,(H,32,34)(H,35,36)(H,37,38). The van der Waals surface area contributed by atoms with Crippen LogP contribution in [0.15, 0.2) is 0 Å². The number of nitrogens with one attached hydrogen (secondary N) is 2. The van der Waals surface area contributed by atoms with E-state index in [0.29, 0.717) is 45.1 Å². The first kappa shape index (κ1) is 35.9. The second kappa shape index (κ2) is 18.4. The molecule has 4 saturated carbocycles. The molecule has 6 unspecified atom stereocenters. The van der Waals surface area contributed by atoms with Gasteiger partial charge in [0.15, 0.2) is 0 Å². The molecule has 45 heavy (non-hydrogen) atoms. The van der Waals surface area contributed by atoms with Crippen LogP contribution in [0.4, 0.5) is 0 Å².